The minimum atomic E-state index is 0.537. The molecule has 0 aromatic carbocycles. The van der Waals surface area contributed by atoms with Crippen molar-refractivity contribution in [3.63, 3.8) is 0 Å². The minimum Gasteiger partial charge on any atom is -0.312 e. The fraction of sp³-hybridized carbons (Fsp3) is 0.769. The van der Waals surface area contributed by atoms with Crippen molar-refractivity contribution in [1.82, 2.24) is 15.1 Å². The van der Waals surface area contributed by atoms with Crippen LogP contribution >= 0.6 is 0 Å². The normalized spacial score (nSPS) is 15.4. The van der Waals surface area contributed by atoms with Crippen LogP contribution in [0.1, 0.15) is 39.1 Å². The molecule has 0 radical (unpaired) electrons. The van der Waals surface area contributed by atoms with Crippen LogP contribution < -0.4 is 5.32 Å². The van der Waals surface area contributed by atoms with E-state index < -0.39 is 0 Å². The van der Waals surface area contributed by atoms with Crippen LogP contribution in [0, 0.1) is 12.8 Å². The summed E-state index contributed by atoms with van der Waals surface area (Å²) in [5.74, 6) is 0.622. The van der Waals surface area contributed by atoms with Gasteiger partial charge in [-0.05, 0) is 32.3 Å². The lowest BCUT2D eigenvalue weighted by molar-refractivity contribution is 0.366. The number of nitrogens with one attached hydrogen (secondary N) is 1. The van der Waals surface area contributed by atoms with Gasteiger partial charge in [-0.3, -0.25) is 4.68 Å². The lowest BCUT2D eigenvalue weighted by Crippen LogP contribution is -2.37. The Labute approximate surface area is 99.2 Å². The minimum absolute atomic E-state index is 0.537. The van der Waals surface area contributed by atoms with E-state index in [-0.39, 0.29) is 0 Å². The average molecular weight is 223 g/mol. The molecule has 1 aromatic heterocycles. The van der Waals surface area contributed by atoms with Gasteiger partial charge in [-0.25, -0.2) is 0 Å². The van der Waals surface area contributed by atoms with Crippen molar-refractivity contribution >= 4 is 0 Å². The number of hydrogen-bond acceptors (Lipinski definition) is 2. The summed E-state index contributed by atoms with van der Waals surface area (Å²) < 4.78 is 1.99. The van der Waals surface area contributed by atoms with Gasteiger partial charge in [0.1, 0.15) is 0 Å². The van der Waals surface area contributed by atoms with Crippen LogP contribution in [0.5, 0.6) is 0 Å². The van der Waals surface area contributed by atoms with Crippen LogP contribution in [0.15, 0.2) is 6.07 Å². The molecule has 1 rings (SSSR count). The summed E-state index contributed by atoms with van der Waals surface area (Å²) >= 11 is 0. The first-order valence-electron chi connectivity index (χ1n) is 6.15. The molecule has 0 amide bonds. The van der Waals surface area contributed by atoms with Crippen molar-refractivity contribution in [3.8, 4) is 0 Å². The topological polar surface area (TPSA) is 29.9 Å². The average Bonchev–Trinajstić information content (AvgIpc) is 2.43. The summed E-state index contributed by atoms with van der Waals surface area (Å²) in [6.45, 7) is 11.0. The van der Waals surface area contributed by atoms with E-state index >= 15 is 0 Å². The highest BCUT2D eigenvalue weighted by atomic mass is 15.3. The third-order valence-electron chi connectivity index (χ3n) is 3.08. The van der Waals surface area contributed by atoms with Gasteiger partial charge in [0.25, 0.3) is 0 Å². The zero-order valence-corrected chi connectivity index (χ0v) is 11.4. The Kier molecular flexibility index (Phi) is 4.54. The first-order chi connectivity index (χ1) is 7.40. The van der Waals surface area contributed by atoms with Gasteiger partial charge in [-0.15, -0.1) is 0 Å². The molecule has 0 aliphatic rings. The van der Waals surface area contributed by atoms with E-state index in [1.165, 1.54) is 5.69 Å². The number of hydrogen-bond donors (Lipinski definition) is 1. The molecule has 0 saturated heterocycles. The predicted molar refractivity (Wildman–Crippen MR) is 68.5 cm³/mol. The van der Waals surface area contributed by atoms with E-state index in [0.29, 0.717) is 18.0 Å². The molecule has 0 saturated carbocycles. The fourth-order valence-corrected chi connectivity index (χ4v) is 2.05. The summed E-state index contributed by atoms with van der Waals surface area (Å²) in [6, 6.07) is 3.26. The maximum Gasteiger partial charge on any atom is 0.0596 e. The molecule has 0 aliphatic carbocycles. The van der Waals surface area contributed by atoms with E-state index in [2.05, 4.69) is 44.2 Å². The van der Waals surface area contributed by atoms with Crippen LogP contribution in [-0.2, 0) is 13.5 Å². The van der Waals surface area contributed by atoms with Crippen molar-refractivity contribution in [1.29, 1.82) is 0 Å². The zero-order valence-electron chi connectivity index (χ0n) is 11.4. The summed E-state index contributed by atoms with van der Waals surface area (Å²) in [7, 11) is 2.02. The van der Waals surface area contributed by atoms with Gasteiger partial charge in [-0.2, -0.15) is 5.10 Å². The van der Waals surface area contributed by atoms with Crippen LogP contribution in [0.2, 0.25) is 0 Å². The number of rotatable bonds is 5. The van der Waals surface area contributed by atoms with E-state index in [0.717, 1.165) is 12.1 Å². The van der Waals surface area contributed by atoms with E-state index in [1.807, 2.05) is 18.7 Å². The van der Waals surface area contributed by atoms with E-state index in [9.17, 15) is 0 Å². The number of nitrogens with zero attached hydrogens (tertiary/aromatic N) is 2. The SMILES string of the molecule is Cc1cc(CC(C)C(C)NC(C)C)n(C)n1. The molecular weight excluding hydrogens is 198 g/mol. The summed E-state index contributed by atoms with van der Waals surface area (Å²) in [4.78, 5) is 0. The zero-order chi connectivity index (χ0) is 12.3. The van der Waals surface area contributed by atoms with Gasteiger partial charge < -0.3 is 5.32 Å². The van der Waals surface area contributed by atoms with Gasteiger partial charge in [0, 0.05) is 24.8 Å². The van der Waals surface area contributed by atoms with Crippen molar-refractivity contribution in [2.24, 2.45) is 13.0 Å². The van der Waals surface area contributed by atoms with Crippen LogP contribution in [0.3, 0.4) is 0 Å². The molecule has 0 spiro atoms. The van der Waals surface area contributed by atoms with Crippen LogP contribution in [0.25, 0.3) is 0 Å². The number of aromatic nitrogens is 2. The third kappa shape index (κ3) is 3.63. The van der Waals surface area contributed by atoms with Gasteiger partial charge in [-0.1, -0.05) is 20.8 Å². The lowest BCUT2D eigenvalue weighted by Gasteiger charge is -2.23. The van der Waals surface area contributed by atoms with Gasteiger partial charge in [0.2, 0.25) is 0 Å². The molecule has 92 valence electrons. The molecular formula is C13H25N3. The first kappa shape index (κ1) is 13.2. The molecule has 1 aromatic rings. The third-order valence-corrected chi connectivity index (χ3v) is 3.08. The monoisotopic (exact) mass is 223 g/mol. The molecule has 2 unspecified atom stereocenters. The standard InChI is InChI=1S/C13H25N3/c1-9(2)14-12(5)10(3)7-13-8-11(4)15-16(13)6/h8-10,12,14H,7H2,1-6H3. The highest BCUT2D eigenvalue weighted by Crippen LogP contribution is 2.13. The molecule has 3 heteroatoms. The van der Waals surface area contributed by atoms with Crippen LogP contribution in [0.4, 0.5) is 0 Å². The Balaban J connectivity index is 2.56. The first-order valence-corrected chi connectivity index (χ1v) is 6.15. The van der Waals surface area contributed by atoms with Gasteiger partial charge in [0.05, 0.1) is 5.69 Å². The molecule has 0 fully saturated rings. The molecule has 0 aliphatic heterocycles. The molecule has 1 heterocycles. The van der Waals surface area contributed by atoms with Crippen molar-refractivity contribution in [3.05, 3.63) is 17.5 Å². The second kappa shape index (κ2) is 5.48. The molecule has 2 atom stereocenters. The summed E-state index contributed by atoms with van der Waals surface area (Å²) in [5.41, 5.74) is 2.43. The summed E-state index contributed by atoms with van der Waals surface area (Å²) in [6.07, 6.45) is 1.08. The molecule has 3 nitrogen and oxygen atoms in total. The summed E-state index contributed by atoms with van der Waals surface area (Å²) in [5, 5.41) is 7.94. The van der Waals surface area contributed by atoms with Gasteiger partial charge >= 0.3 is 0 Å². The van der Waals surface area contributed by atoms with Crippen molar-refractivity contribution < 1.29 is 0 Å². The predicted octanol–water partition coefficient (Wildman–Crippen LogP) is 2.29. The fourth-order valence-electron chi connectivity index (χ4n) is 2.05. The smallest absolute Gasteiger partial charge is 0.0596 e. The highest BCUT2D eigenvalue weighted by Gasteiger charge is 2.15. The Hall–Kier alpha value is -0.830. The maximum absolute atomic E-state index is 4.38. The molecule has 0 bridgehead atoms. The Morgan fingerprint density at radius 1 is 1.31 bits per heavy atom. The Morgan fingerprint density at radius 3 is 2.38 bits per heavy atom. The van der Waals surface area contributed by atoms with Crippen molar-refractivity contribution in [2.45, 2.75) is 53.1 Å². The second-order valence-electron chi connectivity index (χ2n) is 5.19. The Morgan fingerprint density at radius 2 is 1.94 bits per heavy atom. The second-order valence-corrected chi connectivity index (χ2v) is 5.19. The lowest BCUT2D eigenvalue weighted by atomic mass is 9.97. The van der Waals surface area contributed by atoms with E-state index in [4.69, 9.17) is 0 Å². The molecule has 16 heavy (non-hydrogen) atoms. The highest BCUT2D eigenvalue weighted by molar-refractivity contribution is 5.09. The number of aryl methyl sites for hydroxylation is 2. The van der Waals surface area contributed by atoms with Gasteiger partial charge in [0.15, 0.2) is 0 Å². The molecule has 1 N–H and O–H groups in total. The van der Waals surface area contributed by atoms with Crippen molar-refractivity contribution in [2.75, 3.05) is 0 Å². The largest absolute Gasteiger partial charge is 0.312 e. The van der Waals surface area contributed by atoms with E-state index in [1.54, 1.807) is 0 Å². The Bertz CT molecular complexity index is 328. The maximum atomic E-state index is 4.38. The quantitative estimate of drug-likeness (QED) is 0.830. The van der Waals surface area contributed by atoms with Crippen LogP contribution in [-0.4, -0.2) is 21.9 Å².